The number of carbonyl (C=O) groups excluding carboxylic acids is 4. The SMILES string of the molecule is CCOP(=O)(CC(CC(C)C)C(=O)N[C@@H](CC(C)C)C(=O)NC)CN1C(=O)c2cccc3c(OCc4ccccc4)ccc(c23)C1=O. The fourth-order valence-electron chi connectivity index (χ4n) is 6.05. The van der Waals surface area contributed by atoms with Crippen LogP contribution in [-0.4, -0.2) is 60.7 Å². The molecule has 1 aliphatic rings. The van der Waals surface area contributed by atoms with E-state index in [0.29, 0.717) is 47.1 Å². The number of nitrogens with zero attached hydrogens (tertiary/aromatic N) is 1. The van der Waals surface area contributed by atoms with Crippen molar-refractivity contribution >= 4 is 41.8 Å². The summed E-state index contributed by atoms with van der Waals surface area (Å²) in [6.45, 7) is 9.87. The van der Waals surface area contributed by atoms with Crippen LogP contribution in [0, 0.1) is 17.8 Å². The van der Waals surface area contributed by atoms with Crippen LogP contribution in [0.25, 0.3) is 10.8 Å². The number of nitrogens with one attached hydrogen (secondary N) is 2. The molecular formula is C36H46N3O7P. The van der Waals surface area contributed by atoms with Gasteiger partial charge in [-0.15, -0.1) is 0 Å². The number of carbonyl (C=O) groups is 4. The van der Waals surface area contributed by atoms with Crippen LogP contribution in [0.15, 0.2) is 60.7 Å². The van der Waals surface area contributed by atoms with Gasteiger partial charge < -0.3 is 19.9 Å². The maximum absolute atomic E-state index is 14.5. The van der Waals surface area contributed by atoms with Crippen molar-refractivity contribution in [3.05, 3.63) is 77.4 Å². The number of ether oxygens (including phenoxy) is 1. The Kier molecular flexibility index (Phi) is 12.0. The molecule has 3 aromatic rings. The van der Waals surface area contributed by atoms with Crippen LogP contribution in [0.4, 0.5) is 0 Å². The molecule has 2 unspecified atom stereocenters. The molecular weight excluding hydrogens is 617 g/mol. The molecule has 0 aromatic heterocycles. The maximum Gasteiger partial charge on any atom is 0.261 e. The van der Waals surface area contributed by atoms with Gasteiger partial charge in [0.15, 0.2) is 0 Å². The second-order valence-corrected chi connectivity index (χ2v) is 15.4. The summed E-state index contributed by atoms with van der Waals surface area (Å²) in [5, 5.41) is 6.57. The van der Waals surface area contributed by atoms with Crippen LogP contribution in [0.2, 0.25) is 0 Å². The lowest BCUT2D eigenvalue weighted by Crippen LogP contribution is -2.49. The molecule has 0 saturated heterocycles. The molecule has 10 nitrogen and oxygen atoms in total. The third-order valence-electron chi connectivity index (χ3n) is 8.12. The smallest absolute Gasteiger partial charge is 0.261 e. The minimum atomic E-state index is -3.77. The molecule has 11 heteroatoms. The molecule has 0 bridgehead atoms. The van der Waals surface area contributed by atoms with Crippen LogP contribution < -0.4 is 15.4 Å². The summed E-state index contributed by atoms with van der Waals surface area (Å²) in [6.07, 6.45) is 0.144. The molecule has 3 atom stereocenters. The highest BCUT2D eigenvalue weighted by Crippen LogP contribution is 2.51. The third kappa shape index (κ3) is 8.67. The molecule has 0 spiro atoms. The number of imide groups is 1. The predicted octanol–water partition coefficient (Wildman–Crippen LogP) is 6.23. The molecule has 4 rings (SSSR count). The standard InChI is InChI=1S/C36H46N3O7P/c1-7-46-47(44,21-26(18-23(2)3)33(40)38-30(19-24(4)5)34(41)37-6)22-39-35(42)28-15-11-14-27-31(17-16-29(32(27)28)36(39)43)45-20-25-12-9-8-10-13-25/h8-17,23-24,26,30H,7,18-22H2,1-6H3,(H,37,41)(H,38,40)/t26?,30-,47?/m0/s1. The highest BCUT2D eigenvalue weighted by Gasteiger charge is 2.41. The van der Waals surface area contributed by atoms with E-state index in [1.807, 2.05) is 64.1 Å². The van der Waals surface area contributed by atoms with Crippen molar-refractivity contribution in [1.29, 1.82) is 0 Å². The number of hydrogen-bond donors (Lipinski definition) is 2. The summed E-state index contributed by atoms with van der Waals surface area (Å²) in [4.78, 5) is 55.0. The quantitative estimate of drug-likeness (QED) is 0.137. The van der Waals surface area contributed by atoms with Crippen molar-refractivity contribution in [1.82, 2.24) is 15.5 Å². The Bertz CT molecular complexity index is 1630. The van der Waals surface area contributed by atoms with Gasteiger partial charge in [0.2, 0.25) is 19.2 Å². The summed E-state index contributed by atoms with van der Waals surface area (Å²) >= 11 is 0. The molecule has 0 fully saturated rings. The van der Waals surface area contributed by atoms with Gasteiger partial charge in [-0.3, -0.25) is 28.6 Å². The van der Waals surface area contributed by atoms with Gasteiger partial charge in [0, 0.05) is 41.0 Å². The number of benzene rings is 3. The molecule has 252 valence electrons. The van der Waals surface area contributed by atoms with Crippen LogP contribution in [0.3, 0.4) is 0 Å². The molecule has 1 aliphatic heterocycles. The Hall–Kier alpha value is -4.01. The average molecular weight is 664 g/mol. The van der Waals surface area contributed by atoms with Crippen molar-refractivity contribution in [3.63, 3.8) is 0 Å². The van der Waals surface area contributed by atoms with Crippen LogP contribution >= 0.6 is 7.37 Å². The van der Waals surface area contributed by atoms with Gasteiger partial charge >= 0.3 is 0 Å². The minimum absolute atomic E-state index is 0.0606. The van der Waals surface area contributed by atoms with Crippen molar-refractivity contribution in [3.8, 4) is 5.75 Å². The first-order valence-electron chi connectivity index (χ1n) is 16.2. The lowest BCUT2D eigenvalue weighted by atomic mass is 9.94. The molecule has 0 saturated carbocycles. The molecule has 0 aliphatic carbocycles. The second-order valence-electron chi connectivity index (χ2n) is 12.8. The van der Waals surface area contributed by atoms with Crippen LogP contribution in [-0.2, 0) is 25.3 Å². The predicted molar refractivity (Wildman–Crippen MR) is 183 cm³/mol. The largest absolute Gasteiger partial charge is 0.488 e. The van der Waals surface area contributed by atoms with E-state index in [4.69, 9.17) is 9.26 Å². The van der Waals surface area contributed by atoms with Crippen molar-refractivity contribution < 1.29 is 33.0 Å². The van der Waals surface area contributed by atoms with Gasteiger partial charge in [-0.2, -0.15) is 0 Å². The van der Waals surface area contributed by atoms with E-state index in [0.717, 1.165) is 10.5 Å². The zero-order chi connectivity index (χ0) is 34.3. The summed E-state index contributed by atoms with van der Waals surface area (Å²) in [5.41, 5.74) is 1.57. The van der Waals surface area contributed by atoms with Gasteiger partial charge in [0.05, 0.1) is 6.61 Å². The van der Waals surface area contributed by atoms with Gasteiger partial charge in [0.1, 0.15) is 24.7 Å². The first-order valence-corrected chi connectivity index (χ1v) is 18.2. The fraction of sp³-hybridized carbons (Fsp3) is 0.444. The van der Waals surface area contributed by atoms with E-state index in [-0.39, 0.29) is 30.5 Å². The first kappa shape index (κ1) is 35.8. The number of amides is 4. The minimum Gasteiger partial charge on any atom is -0.488 e. The van der Waals surface area contributed by atoms with Crippen LogP contribution in [0.1, 0.15) is 73.7 Å². The molecule has 0 radical (unpaired) electrons. The Labute approximate surface area is 277 Å². The monoisotopic (exact) mass is 663 g/mol. The Morgan fingerprint density at radius 2 is 1.51 bits per heavy atom. The Balaban J connectivity index is 1.61. The average Bonchev–Trinajstić information content (AvgIpc) is 3.03. The summed E-state index contributed by atoms with van der Waals surface area (Å²) in [5.74, 6) is -1.93. The van der Waals surface area contributed by atoms with Crippen molar-refractivity contribution in [2.24, 2.45) is 17.8 Å². The third-order valence-corrected chi connectivity index (χ3v) is 10.6. The van der Waals surface area contributed by atoms with Crippen molar-refractivity contribution in [2.45, 2.75) is 60.1 Å². The molecule has 47 heavy (non-hydrogen) atoms. The van der Waals surface area contributed by atoms with Crippen molar-refractivity contribution in [2.75, 3.05) is 26.1 Å². The zero-order valence-electron chi connectivity index (χ0n) is 28.1. The fourth-order valence-corrected chi connectivity index (χ4v) is 8.49. The summed E-state index contributed by atoms with van der Waals surface area (Å²) < 4.78 is 26.4. The zero-order valence-corrected chi connectivity index (χ0v) is 29.0. The van der Waals surface area contributed by atoms with E-state index >= 15 is 0 Å². The number of likely N-dealkylation sites (N-methyl/N-ethyl adjacent to an activating group) is 1. The molecule has 1 heterocycles. The molecule has 4 amide bonds. The Morgan fingerprint density at radius 1 is 0.851 bits per heavy atom. The lowest BCUT2D eigenvalue weighted by molar-refractivity contribution is -0.131. The van der Waals surface area contributed by atoms with E-state index in [1.54, 1.807) is 31.2 Å². The lowest BCUT2D eigenvalue weighted by Gasteiger charge is -2.32. The number of hydrogen-bond acceptors (Lipinski definition) is 7. The summed E-state index contributed by atoms with van der Waals surface area (Å²) in [6, 6.07) is 17.4. The van der Waals surface area contributed by atoms with Gasteiger partial charge in [-0.25, -0.2) is 0 Å². The van der Waals surface area contributed by atoms with E-state index in [2.05, 4.69) is 10.6 Å². The van der Waals surface area contributed by atoms with Gasteiger partial charge in [-0.05, 0) is 55.4 Å². The van der Waals surface area contributed by atoms with E-state index < -0.39 is 43.3 Å². The maximum atomic E-state index is 14.5. The Morgan fingerprint density at radius 3 is 2.13 bits per heavy atom. The first-order chi connectivity index (χ1) is 22.4. The van der Waals surface area contributed by atoms with E-state index in [1.165, 1.54) is 7.05 Å². The second kappa shape index (κ2) is 15.7. The summed E-state index contributed by atoms with van der Waals surface area (Å²) in [7, 11) is -2.26. The van der Waals surface area contributed by atoms with Gasteiger partial charge in [-0.1, -0.05) is 70.2 Å². The van der Waals surface area contributed by atoms with Crippen LogP contribution in [0.5, 0.6) is 5.75 Å². The van der Waals surface area contributed by atoms with E-state index in [9.17, 15) is 23.7 Å². The topological polar surface area (TPSA) is 131 Å². The molecule has 2 N–H and O–H groups in total. The normalized spacial score (nSPS) is 15.4. The molecule has 3 aromatic carbocycles. The highest BCUT2D eigenvalue weighted by molar-refractivity contribution is 7.59. The van der Waals surface area contributed by atoms with Gasteiger partial charge in [0.25, 0.3) is 11.8 Å². The number of rotatable bonds is 16. The highest BCUT2D eigenvalue weighted by atomic mass is 31.2.